The Labute approximate surface area is 364 Å². The molecule has 314 valence electrons. The lowest BCUT2D eigenvalue weighted by atomic mass is 9.70. The Hall–Kier alpha value is -7.30. The van der Waals surface area contributed by atoms with Gasteiger partial charge in [0.1, 0.15) is 11.4 Å². The van der Waals surface area contributed by atoms with Gasteiger partial charge in [-0.25, -0.2) is 9.97 Å². The van der Waals surface area contributed by atoms with Crippen molar-refractivity contribution in [1.82, 2.24) is 29.7 Å². The first-order valence-electron chi connectivity index (χ1n) is 21.7. The summed E-state index contributed by atoms with van der Waals surface area (Å²) in [7, 11) is 0. The number of likely N-dealkylation sites (tertiary alicyclic amines) is 2. The van der Waals surface area contributed by atoms with E-state index in [1.54, 1.807) is 12.4 Å². The largest absolute Gasteiger partial charge is 0.370 e. The number of amides is 4. The van der Waals surface area contributed by atoms with Gasteiger partial charge in [0, 0.05) is 13.1 Å². The monoisotopic (exact) mass is 848 g/mol. The topological polar surface area (TPSA) is 176 Å². The number of ether oxygens (including phenoxy) is 2. The zero-order valence-electron chi connectivity index (χ0n) is 33.8. The van der Waals surface area contributed by atoms with Crippen LogP contribution in [0.25, 0.3) is 22.1 Å². The van der Waals surface area contributed by atoms with E-state index in [9.17, 15) is 19.2 Å². The van der Waals surface area contributed by atoms with Crippen LogP contribution >= 0.6 is 0 Å². The van der Waals surface area contributed by atoms with Crippen LogP contribution in [0.2, 0.25) is 0 Å². The average Bonchev–Trinajstić information content (AvgIpc) is 4.22. The normalized spacial score (nSPS) is 32.9. The summed E-state index contributed by atoms with van der Waals surface area (Å²) in [5.41, 5.74) is 7.09. The Morgan fingerprint density at radius 1 is 0.422 bits per heavy atom. The third-order valence-corrected chi connectivity index (χ3v) is 14.8. The molecule has 10 heterocycles. The molecule has 0 N–H and O–H groups in total. The Bertz CT molecular complexity index is 2890. The van der Waals surface area contributed by atoms with Gasteiger partial charge in [-0.15, -0.1) is 0 Å². The summed E-state index contributed by atoms with van der Waals surface area (Å²) in [6, 6.07) is 33.9. The van der Waals surface area contributed by atoms with Gasteiger partial charge < -0.3 is 9.47 Å². The molecule has 6 fully saturated rings. The van der Waals surface area contributed by atoms with Gasteiger partial charge in [-0.05, 0) is 48.5 Å². The molecule has 0 saturated carbocycles. The molecule has 2 aromatic heterocycles. The minimum atomic E-state index is -0.749. The third-order valence-electron chi connectivity index (χ3n) is 14.8. The Morgan fingerprint density at radius 3 is 1.19 bits per heavy atom. The van der Waals surface area contributed by atoms with Gasteiger partial charge >= 0.3 is 0 Å². The highest BCUT2D eigenvalue weighted by Crippen LogP contribution is 2.58. The molecule has 0 aliphatic carbocycles. The van der Waals surface area contributed by atoms with Crippen LogP contribution in [0.15, 0.2) is 132 Å². The SMILES string of the molecule is O=C1[C@@H]2[C@@H]3O[C@@H]([C@H]4C(c5cnc6ccccc6n5)=NN(c5ccccc5)[C@@H]34)[C@@H]2C(=O)N1CCN1C(=O)[C@@H]2[C@@H]3O[C@@H]([C@H]4C(c5cnc6ccccc6n5)=NN(c5ccccc5)[C@@H]34)[C@@H]2C1=O. The molecule has 4 aromatic carbocycles. The first kappa shape index (κ1) is 36.2. The second-order valence-corrected chi connectivity index (χ2v) is 17.7. The third kappa shape index (κ3) is 4.78. The number of anilines is 2. The second-order valence-electron chi connectivity index (χ2n) is 17.7. The van der Waals surface area contributed by atoms with Crippen molar-refractivity contribution in [3.63, 3.8) is 0 Å². The van der Waals surface area contributed by atoms with E-state index >= 15 is 0 Å². The number of rotatable bonds is 7. The Balaban J connectivity index is 0.743. The number of hydrogen-bond acceptors (Lipinski definition) is 14. The van der Waals surface area contributed by atoms with Crippen LogP contribution in [0.3, 0.4) is 0 Å². The maximum atomic E-state index is 14.5. The smallest absolute Gasteiger partial charge is 0.235 e. The van der Waals surface area contributed by atoms with Gasteiger partial charge in [0.15, 0.2) is 0 Å². The van der Waals surface area contributed by atoms with E-state index in [0.29, 0.717) is 22.8 Å². The summed E-state index contributed by atoms with van der Waals surface area (Å²) >= 11 is 0. The molecule has 8 aliphatic heterocycles. The van der Waals surface area contributed by atoms with Gasteiger partial charge in [-0.3, -0.25) is 49.0 Å². The van der Waals surface area contributed by atoms with Crippen molar-refractivity contribution in [3.05, 3.63) is 133 Å². The van der Waals surface area contributed by atoms with Gasteiger partial charge in [0.25, 0.3) is 0 Å². The van der Waals surface area contributed by atoms with E-state index in [-0.39, 0.29) is 60.6 Å². The number of imide groups is 2. The molecule has 16 nitrogen and oxygen atoms in total. The minimum Gasteiger partial charge on any atom is -0.370 e. The zero-order valence-corrected chi connectivity index (χ0v) is 33.8. The van der Waals surface area contributed by atoms with Gasteiger partial charge in [-0.2, -0.15) is 10.2 Å². The van der Waals surface area contributed by atoms with Crippen molar-refractivity contribution in [3.8, 4) is 0 Å². The lowest BCUT2D eigenvalue weighted by Gasteiger charge is -2.32. The first-order chi connectivity index (χ1) is 31.4. The van der Waals surface area contributed by atoms with Crippen molar-refractivity contribution >= 4 is 68.5 Å². The lowest BCUT2D eigenvalue weighted by Crippen LogP contribution is -2.50. The van der Waals surface area contributed by atoms with E-state index < -0.39 is 48.1 Å². The van der Waals surface area contributed by atoms with Crippen molar-refractivity contribution in [2.45, 2.75) is 36.5 Å². The Kier molecular flexibility index (Phi) is 7.42. The number of aromatic nitrogens is 4. The molecule has 8 aliphatic rings. The second kappa shape index (κ2) is 13.1. The van der Waals surface area contributed by atoms with Gasteiger partial charge in [0.05, 0.1) is 129 Å². The van der Waals surface area contributed by atoms with Crippen LogP contribution in [-0.4, -0.2) is 114 Å². The van der Waals surface area contributed by atoms with E-state index in [0.717, 1.165) is 33.4 Å². The van der Waals surface area contributed by atoms with Crippen LogP contribution in [0.4, 0.5) is 11.4 Å². The number of hydrazone groups is 2. The van der Waals surface area contributed by atoms with E-state index in [2.05, 4.69) is 9.97 Å². The Morgan fingerprint density at radius 2 is 0.781 bits per heavy atom. The highest BCUT2D eigenvalue weighted by Gasteiger charge is 2.74. The standard InChI is InChI=1S/C48H36N10O6/c59-45-31-33(43-39-35(41(31)63-43)37(53-57(39)23-11-3-1-4-12-23)29-21-49-25-15-7-9-17-27(25)51-29)47(61)55(45)19-20-56-46(60)32-34(48(56)62)44-40-36(42(32)64-44)38(54-58(40)24-13-5-2-6-14-24)30-22-50-26-16-8-10-18-28(26)52-30/h1-18,21-22,31-36,39-44H,19-20H2/t31-,32-,33+,34+,35+,36+,39-,40-,41-,42-,43+,44+/m1/s1. The summed E-state index contributed by atoms with van der Waals surface area (Å²) in [6.45, 7) is -0.233. The molecule has 0 radical (unpaired) electrons. The maximum absolute atomic E-state index is 14.5. The van der Waals surface area contributed by atoms with Crippen molar-refractivity contribution < 1.29 is 28.7 Å². The quantitative estimate of drug-likeness (QED) is 0.214. The van der Waals surface area contributed by atoms with Crippen LogP contribution in [0, 0.1) is 35.5 Å². The molecule has 4 bridgehead atoms. The van der Waals surface area contributed by atoms with E-state index in [1.165, 1.54) is 9.80 Å². The molecule has 0 unspecified atom stereocenters. The number of hydrogen-bond donors (Lipinski definition) is 0. The predicted octanol–water partition coefficient (Wildman–Crippen LogP) is 3.46. The molecular weight excluding hydrogens is 813 g/mol. The zero-order chi connectivity index (χ0) is 42.5. The molecule has 6 aromatic rings. The van der Waals surface area contributed by atoms with E-state index in [4.69, 9.17) is 29.6 Å². The number of fused-ring (bicyclic) bond motifs is 18. The van der Waals surface area contributed by atoms with Gasteiger partial charge in [0.2, 0.25) is 23.6 Å². The van der Waals surface area contributed by atoms with Crippen LogP contribution < -0.4 is 10.0 Å². The first-order valence-corrected chi connectivity index (χ1v) is 21.7. The highest BCUT2D eigenvalue weighted by molar-refractivity contribution is 6.12. The van der Waals surface area contributed by atoms with Crippen LogP contribution in [0.1, 0.15) is 11.4 Å². The van der Waals surface area contributed by atoms with Crippen molar-refractivity contribution in [2.24, 2.45) is 45.7 Å². The van der Waals surface area contributed by atoms with Crippen LogP contribution in [0.5, 0.6) is 0 Å². The van der Waals surface area contributed by atoms with Crippen molar-refractivity contribution in [1.29, 1.82) is 0 Å². The van der Waals surface area contributed by atoms with E-state index in [1.807, 2.05) is 119 Å². The fourth-order valence-corrected chi connectivity index (χ4v) is 12.2. The molecule has 16 heteroatoms. The van der Waals surface area contributed by atoms with Crippen molar-refractivity contribution in [2.75, 3.05) is 23.1 Å². The summed E-state index contributed by atoms with van der Waals surface area (Å²) in [5.74, 6) is -5.15. The number of carbonyl (C=O) groups is 4. The minimum absolute atomic E-state index is 0.117. The molecule has 6 saturated heterocycles. The summed E-state index contributed by atoms with van der Waals surface area (Å²) in [6.07, 6.45) is 0.873. The lowest BCUT2D eigenvalue weighted by molar-refractivity contribution is -0.148. The fourth-order valence-electron chi connectivity index (χ4n) is 12.2. The summed E-state index contributed by atoms with van der Waals surface area (Å²) in [5, 5.41) is 14.0. The molecule has 12 atom stereocenters. The summed E-state index contributed by atoms with van der Waals surface area (Å²) in [4.78, 5) is 79.6. The molecule has 4 amide bonds. The highest BCUT2D eigenvalue weighted by atomic mass is 16.5. The molecule has 14 rings (SSSR count). The van der Waals surface area contributed by atoms with Gasteiger partial charge in [-0.1, -0.05) is 60.7 Å². The predicted molar refractivity (Wildman–Crippen MR) is 229 cm³/mol. The maximum Gasteiger partial charge on any atom is 0.235 e. The number of carbonyl (C=O) groups excluding carboxylic acids is 4. The molecule has 64 heavy (non-hydrogen) atoms. The average molecular weight is 849 g/mol. The number of nitrogens with zero attached hydrogens (tertiary/aromatic N) is 10. The molecular formula is C48H36N10O6. The number of para-hydroxylation sites is 6. The molecule has 0 spiro atoms. The van der Waals surface area contributed by atoms with Crippen LogP contribution in [-0.2, 0) is 28.7 Å². The number of benzene rings is 4. The fraction of sp³-hybridized carbons (Fsp3) is 0.292. The summed E-state index contributed by atoms with van der Waals surface area (Å²) < 4.78 is 13.2.